The van der Waals surface area contributed by atoms with Gasteiger partial charge < -0.3 is 14.8 Å². The van der Waals surface area contributed by atoms with Gasteiger partial charge in [0.15, 0.2) is 0 Å². The van der Waals surface area contributed by atoms with E-state index in [1.807, 2.05) is 13.8 Å². The molecular weight excluding hydrogens is 409 g/mol. The van der Waals surface area contributed by atoms with Crippen LogP contribution in [0.5, 0.6) is 0 Å². The van der Waals surface area contributed by atoms with Crippen LogP contribution in [-0.2, 0) is 15.1 Å². The maximum absolute atomic E-state index is 14.4. The van der Waals surface area contributed by atoms with Gasteiger partial charge in [-0.25, -0.2) is 9.18 Å². The Balaban J connectivity index is 2.16. The third kappa shape index (κ3) is 4.42. The third-order valence-corrected chi connectivity index (χ3v) is 5.00. The summed E-state index contributed by atoms with van der Waals surface area (Å²) < 4.78 is 24.9. The normalized spacial score (nSPS) is 11.3. The molecule has 1 N–H and O–H groups in total. The number of halogens is 2. The van der Waals surface area contributed by atoms with E-state index >= 15 is 0 Å². The molecule has 1 aromatic carbocycles. The van der Waals surface area contributed by atoms with Crippen molar-refractivity contribution in [1.82, 2.24) is 9.97 Å². The highest BCUT2D eigenvalue weighted by molar-refractivity contribution is 6.30. The Morgan fingerprint density at radius 2 is 1.90 bits per heavy atom. The van der Waals surface area contributed by atoms with Crippen molar-refractivity contribution in [3.8, 4) is 11.3 Å². The number of rotatable bonds is 6. The monoisotopic (exact) mass is 429 g/mol. The molecule has 156 valence electrons. The molecule has 2 aromatic heterocycles. The molecule has 0 aliphatic rings. The molecule has 2 heterocycles. The van der Waals surface area contributed by atoms with Crippen LogP contribution in [0.1, 0.15) is 29.8 Å². The number of nitrogens with one attached hydrogen (secondary N) is 1. The van der Waals surface area contributed by atoms with Crippen LogP contribution >= 0.6 is 11.6 Å². The van der Waals surface area contributed by atoms with Crippen molar-refractivity contribution in [3.05, 3.63) is 70.9 Å². The van der Waals surface area contributed by atoms with Crippen LogP contribution in [0, 0.1) is 5.82 Å². The number of hydrogen-bond acceptors (Lipinski definition) is 6. The van der Waals surface area contributed by atoms with E-state index < -0.39 is 17.4 Å². The van der Waals surface area contributed by atoms with Crippen LogP contribution in [0.3, 0.4) is 0 Å². The Labute approximate surface area is 179 Å². The second kappa shape index (κ2) is 8.77. The lowest BCUT2D eigenvalue weighted by atomic mass is 9.96. The lowest BCUT2D eigenvalue weighted by Gasteiger charge is -2.27. The topological polar surface area (TPSA) is 73.3 Å². The molecule has 0 unspecified atom stereocenters. The summed E-state index contributed by atoms with van der Waals surface area (Å²) in [7, 11) is 2.88. The van der Waals surface area contributed by atoms with E-state index in [9.17, 15) is 9.18 Å². The number of anilines is 2. The zero-order valence-corrected chi connectivity index (χ0v) is 17.7. The molecule has 0 atom stereocenters. The van der Waals surface area contributed by atoms with Crippen LogP contribution in [0.25, 0.3) is 11.3 Å². The molecular formula is C22H21ClFN3O3. The van der Waals surface area contributed by atoms with Gasteiger partial charge in [-0.3, -0.25) is 9.97 Å². The van der Waals surface area contributed by atoms with Crippen molar-refractivity contribution < 1.29 is 18.7 Å². The quantitative estimate of drug-likeness (QED) is 0.532. The van der Waals surface area contributed by atoms with E-state index in [4.69, 9.17) is 21.1 Å². The first-order valence-electron chi connectivity index (χ1n) is 9.07. The minimum absolute atomic E-state index is 0.258. The van der Waals surface area contributed by atoms with Crippen molar-refractivity contribution in [1.29, 1.82) is 0 Å². The predicted octanol–water partition coefficient (Wildman–Crippen LogP) is 5.35. The number of aromatic nitrogens is 2. The standard InChI is InChI=1S/C22H21ClFN3O3/c1-22(2,30-4)16-12-26-19(14-9-13(23)5-6-17(14)24)10-20(16)27-18-7-8-25-11-15(18)21(28)29-3/h5-12H,1-4H3,(H,25,26,27). The van der Waals surface area contributed by atoms with Crippen molar-refractivity contribution >= 4 is 28.9 Å². The molecule has 0 saturated carbocycles. The summed E-state index contributed by atoms with van der Waals surface area (Å²) in [4.78, 5) is 20.5. The fourth-order valence-corrected chi connectivity index (χ4v) is 3.08. The highest BCUT2D eigenvalue weighted by Crippen LogP contribution is 2.36. The number of carbonyl (C=O) groups excluding carboxylic acids is 1. The van der Waals surface area contributed by atoms with Crippen LogP contribution in [0.4, 0.5) is 15.8 Å². The highest BCUT2D eigenvalue weighted by Gasteiger charge is 2.25. The van der Waals surface area contributed by atoms with Gasteiger partial charge in [0.25, 0.3) is 0 Å². The van der Waals surface area contributed by atoms with Gasteiger partial charge in [0, 0.05) is 47.5 Å². The number of benzene rings is 1. The Morgan fingerprint density at radius 3 is 2.60 bits per heavy atom. The van der Waals surface area contributed by atoms with Gasteiger partial charge in [-0.05, 0) is 44.2 Å². The van der Waals surface area contributed by atoms with Crippen molar-refractivity contribution in [2.24, 2.45) is 0 Å². The summed E-state index contributed by atoms with van der Waals surface area (Å²) in [5, 5.41) is 3.62. The summed E-state index contributed by atoms with van der Waals surface area (Å²) in [5.41, 5.74) is 1.96. The molecule has 30 heavy (non-hydrogen) atoms. The molecule has 0 spiro atoms. The first-order valence-corrected chi connectivity index (χ1v) is 9.45. The maximum Gasteiger partial charge on any atom is 0.341 e. The van der Waals surface area contributed by atoms with E-state index in [-0.39, 0.29) is 11.1 Å². The molecule has 0 aliphatic carbocycles. The fourth-order valence-electron chi connectivity index (χ4n) is 2.91. The average Bonchev–Trinajstić information content (AvgIpc) is 2.75. The zero-order valence-electron chi connectivity index (χ0n) is 17.0. The first-order chi connectivity index (χ1) is 14.3. The molecule has 3 rings (SSSR count). The largest absolute Gasteiger partial charge is 0.465 e. The van der Waals surface area contributed by atoms with Gasteiger partial charge in [-0.2, -0.15) is 0 Å². The van der Waals surface area contributed by atoms with E-state index in [0.717, 1.165) is 0 Å². The Kier molecular flexibility index (Phi) is 6.34. The van der Waals surface area contributed by atoms with Crippen LogP contribution in [0.2, 0.25) is 5.02 Å². The number of esters is 1. The smallest absolute Gasteiger partial charge is 0.341 e. The summed E-state index contributed by atoms with van der Waals surface area (Å²) in [6.07, 6.45) is 4.57. The van der Waals surface area contributed by atoms with Crippen LogP contribution < -0.4 is 5.32 Å². The molecule has 8 heteroatoms. The molecule has 0 radical (unpaired) electrons. The first kappa shape index (κ1) is 21.7. The molecule has 0 amide bonds. The van der Waals surface area contributed by atoms with Gasteiger partial charge in [0.1, 0.15) is 11.4 Å². The number of carbonyl (C=O) groups is 1. The van der Waals surface area contributed by atoms with Gasteiger partial charge in [-0.15, -0.1) is 0 Å². The summed E-state index contributed by atoms with van der Waals surface area (Å²) in [5.74, 6) is -0.982. The molecule has 0 fully saturated rings. The number of pyridine rings is 2. The van der Waals surface area contributed by atoms with E-state index in [2.05, 4.69) is 15.3 Å². The minimum Gasteiger partial charge on any atom is -0.465 e. The van der Waals surface area contributed by atoms with E-state index in [1.54, 1.807) is 31.6 Å². The van der Waals surface area contributed by atoms with Gasteiger partial charge in [0.2, 0.25) is 0 Å². The summed E-state index contributed by atoms with van der Waals surface area (Å²) in [6.45, 7) is 3.76. The minimum atomic E-state index is -0.709. The summed E-state index contributed by atoms with van der Waals surface area (Å²) >= 11 is 6.05. The van der Waals surface area contributed by atoms with Crippen molar-refractivity contribution in [2.75, 3.05) is 19.5 Å². The summed E-state index contributed by atoms with van der Waals surface area (Å²) in [6, 6.07) is 7.61. The van der Waals surface area contributed by atoms with Gasteiger partial charge >= 0.3 is 5.97 Å². The second-order valence-corrected chi connectivity index (χ2v) is 7.43. The lowest BCUT2D eigenvalue weighted by molar-refractivity contribution is 0.0196. The molecule has 0 saturated heterocycles. The Morgan fingerprint density at radius 1 is 1.13 bits per heavy atom. The van der Waals surface area contributed by atoms with E-state index in [0.29, 0.717) is 27.7 Å². The Bertz CT molecular complexity index is 1090. The van der Waals surface area contributed by atoms with Gasteiger partial charge in [-0.1, -0.05) is 11.6 Å². The molecule has 0 aliphatic heterocycles. The molecule has 6 nitrogen and oxygen atoms in total. The third-order valence-electron chi connectivity index (χ3n) is 4.76. The Hall–Kier alpha value is -3.03. The fraction of sp³-hybridized carbons (Fsp3) is 0.227. The molecule has 3 aromatic rings. The SMILES string of the molecule is COC(=O)c1cnccc1Nc1cc(-c2cc(Cl)ccc2F)ncc1C(C)(C)OC. The number of ether oxygens (including phenoxy) is 2. The lowest BCUT2D eigenvalue weighted by Crippen LogP contribution is -2.21. The number of nitrogens with zero attached hydrogens (tertiary/aromatic N) is 2. The maximum atomic E-state index is 14.4. The zero-order chi connectivity index (χ0) is 21.9. The van der Waals surface area contributed by atoms with Crippen LogP contribution in [-0.4, -0.2) is 30.2 Å². The second-order valence-electron chi connectivity index (χ2n) is 6.99. The number of methoxy groups -OCH3 is 2. The van der Waals surface area contributed by atoms with Gasteiger partial charge in [0.05, 0.1) is 24.1 Å². The number of hydrogen-bond donors (Lipinski definition) is 1. The average molecular weight is 430 g/mol. The van der Waals surface area contributed by atoms with E-state index in [1.165, 1.54) is 31.5 Å². The predicted molar refractivity (Wildman–Crippen MR) is 114 cm³/mol. The highest BCUT2D eigenvalue weighted by atomic mass is 35.5. The van der Waals surface area contributed by atoms with Crippen molar-refractivity contribution in [3.63, 3.8) is 0 Å². The van der Waals surface area contributed by atoms with Crippen molar-refractivity contribution in [2.45, 2.75) is 19.4 Å². The van der Waals surface area contributed by atoms with Crippen LogP contribution in [0.15, 0.2) is 48.9 Å². The molecule has 0 bridgehead atoms.